The van der Waals surface area contributed by atoms with Crippen molar-refractivity contribution in [2.75, 3.05) is 13.1 Å². The van der Waals surface area contributed by atoms with E-state index in [-0.39, 0.29) is 18.5 Å². The monoisotopic (exact) mass is 335 g/mol. The minimum absolute atomic E-state index is 0.00598. The zero-order chi connectivity index (χ0) is 16.7. The molecule has 0 amide bonds. The Bertz CT molecular complexity index is 548. The normalized spacial score (nSPS) is 23.9. The molecule has 0 aromatic carbocycles. The standard InChI is InChI=1S/C15H20F3NO2S/c1-14(2,3)12-5-4-9(22-12)6-19-7-10(13(20)21)11(8-19)15(16,17)18/h4-5,10-11H,6-8H2,1-3H3,(H,20,21)/t10-,11-/m1/s1. The zero-order valence-corrected chi connectivity index (χ0v) is 13.6. The number of rotatable bonds is 3. The van der Waals surface area contributed by atoms with E-state index < -0.39 is 24.0 Å². The zero-order valence-electron chi connectivity index (χ0n) is 12.8. The van der Waals surface area contributed by atoms with Gasteiger partial charge in [-0.05, 0) is 17.5 Å². The van der Waals surface area contributed by atoms with E-state index in [9.17, 15) is 18.0 Å². The summed E-state index contributed by atoms with van der Waals surface area (Å²) in [6.07, 6.45) is -4.47. The molecule has 7 heteroatoms. The summed E-state index contributed by atoms with van der Waals surface area (Å²) >= 11 is 1.57. The molecule has 1 aliphatic rings. The number of carboxylic acids is 1. The lowest BCUT2D eigenvalue weighted by Crippen LogP contribution is -2.33. The summed E-state index contributed by atoms with van der Waals surface area (Å²) in [5.41, 5.74) is 0.00598. The first-order valence-corrected chi connectivity index (χ1v) is 7.91. The largest absolute Gasteiger partial charge is 0.481 e. The Labute approximate surface area is 131 Å². The van der Waals surface area contributed by atoms with E-state index in [1.807, 2.05) is 12.1 Å². The quantitative estimate of drug-likeness (QED) is 0.915. The number of carboxylic acid groups (broad SMARTS) is 1. The summed E-state index contributed by atoms with van der Waals surface area (Å²) in [6.45, 7) is 6.32. The molecule has 1 aromatic heterocycles. The smallest absolute Gasteiger partial charge is 0.393 e. The molecule has 0 aliphatic carbocycles. The molecule has 2 rings (SSSR count). The van der Waals surface area contributed by atoms with Gasteiger partial charge in [0, 0.05) is 29.4 Å². The summed E-state index contributed by atoms with van der Waals surface area (Å²) < 4.78 is 38.9. The van der Waals surface area contributed by atoms with Crippen molar-refractivity contribution in [3.8, 4) is 0 Å². The van der Waals surface area contributed by atoms with E-state index in [0.29, 0.717) is 6.54 Å². The van der Waals surface area contributed by atoms with Crippen LogP contribution in [0.2, 0.25) is 0 Å². The molecular formula is C15H20F3NO2S. The predicted octanol–water partition coefficient (Wildman–Crippen LogP) is 3.74. The number of hydrogen-bond donors (Lipinski definition) is 1. The van der Waals surface area contributed by atoms with Gasteiger partial charge in [-0.15, -0.1) is 11.3 Å². The van der Waals surface area contributed by atoms with Crippen LogP contribution < -0.4 is 0 Å². The van der Waals surface area contributed by atoms with Crippen molar-refractivity contribution in [2.24, 2.45) is 11.8 Å². The number of nitrogens with zero attached hydrogens (tertiary/aromatic N) is 1. The van der Waals surface area contributed by atoms with E-state index in [0.717, 1.165) is 4.88 Å². The lowest BCUT2D eigenvalue weighted by Gasteiger charge is -2.18. The molecule has 2 heterocycles. The maximum absolute atomic E-state index is 13.0. The van der Waals surface area contributed by atoms with Crippen LogP contribution in [0, 0.1) is 11.8 Å². The average Bonchev–Trinajstić information content (AvgIpc) is 2.94. The minimum Gasteiger partial charge on any atom is -0.481 e. The summed E-state index contributed by atoms with van der Waals surface area (Å²) in [5, 5.41) is 9.02. The second-order valence-electron chi connectivity index (χ2n) is 6.80. The van der Waals surface area contributed by atoms with Crippen molar-refractivity contribution in [1.82, 2.24) is 4.90 Å². The third kappa shape index (κ3) is 3.81. The minimum atomic E-state index is -4.47. The first-order valence-electron chi connectivity index (χ1n) is 7.09. The van der Waals surface area contributed by atoms with Gasteiger partial charge < -0.3 is 5.11 Å². The van der Waals surface area contributed by atoms with Crippen molar-refractivity contribution in [3.05, 3.63) is 21.9 Å². The first kappa shape index (κ1) is 17.3. The lowest BCUT2D eigenvalue weighted by molar-refractivity contribution is -0.188. The molecule has 1 aromatic rings. The van der Waals surface area contributed by atoms with Gasteiger partial charge in [0.05, 0.1) is 11.8 Å². The summed E-state index contributed by atoms with van der Waals surface area (Å²) in [7, 11) is 0. The van der Waals surface area contributed by atoms with Crippen LogP contribution >= 0.6 is 11.3 Å². The molecule has 2 atom stereocenters. The highest BCUT2D eigenvalue weighted by Gasteiger charge is 2.52. The van der Waals surface area contributed by atoms with E-state index in [1.54, 1.807) is 16.2 Å². The highest BCUT2D eigenvalue weighted by atomic mass is 32.1. The van der Waals surface area contributed by atoms with Gasteiger partial charge in [0.15, 0.2) is 0 Å². The second-order valence-corrected chi connectivity index (χ2v) is 7.97. The number of thiophene rings is 1. The van der Waals surface area contributed by atoms with Crippen LogP contribution in [0.25, 0.3) is 0 Å². The number of likely N-dealkylation sites (tertiary alicyclic amines) is 1. The van der Waals surface area contributed by atoms with Crippen molar-refractivity contribution < 1.29 is 23.1 Å². The third-order valence-electron chi connectivity index (χ3n) is 3.91. The van der Waals surface area contributed by atoms with Crippen LogP contribution in [-0.4, -0.2) is 35.2 Å². The van der Waals surface area contributed by atoms with E-state index in [2.05, 4.69) is 20.8 Å². The van der Waals surface area contributed by atoms with Crippen LogP contribution in [-0.2, 0) is 16.8 Å². The van der Waals surface area contributed by atoms with Gasteiger partial charge in [0.2, 0.25) is 0 Å². The molecule has 0 bridgehead atoms. The molecule has 1 aliphatic heterocycles. The van der Waals surface area contributed by atoms with Crippen LogP contribution in [0.5, 0.6) is 0 Å². The van der Waals surface area contributed by atoms with E-state index >= 15 is 0 Å². The first-order chi connectivity index (χ1) is 9.98. The van der Waals surface area contributed by atoms with Crippen molar-refractivity contribution in [2.45, 2.75) is 38.9 Å². The Morgan fingerprint density at radius 1 is 1.32 bits per heavy atom. The highest BCUT2D eigenvalue weighted by molar-refractivity contribution is 7.12. The average molecular weight is 335 g/mol. The maximum Gasteiger partial charge on any atom is 0.393 e. The Hall–Kier alpha value is -1.08. The molecule has 0 saturated carbocycles. The van der Waals surface area contributed by atoms with E-state index in [4.69, 9.17) is 5.11 Å². The van der Waals surface area contributed by atoms with E-state index in [1.165, 1.54) is 4.88 Å². The molecule has 0 radical (unpaired) electrons. The third-order valence-corrected chi connectivity index (χ3v) is 5.41. The van der Waals surface area contributed by atoms with Gasteiger partial charge in [-0.1, -0.05) is 20.8 Å². The predicted molar refractivity (Wildman–Crippen MR) is 79.0 cm³/mol. The Balaban J connectivity index is 2.08. The van der Waals surface area contributed by atoms with Crippen LogP contribution in [0.4, 0.5) is 13.2 Å². The number of halogens is 3. The van der Waals surface area contributed by atoms with Crippen LogP contribution in [0.1, 0.15) is 30.5 Å². The number of hydrogen-bond acceptors (Lipinski definition) is 3. The van der Waals surface area contributed by atoms with Crippen molar-refractivity contribution in [3.63, 3.8) is 0 Å². The van der Waals surface area contributed by atoms with Crippen molar-refractivity contribution >= 4 is 17.3 Å². The molecule has 1 fully saturated rings. The fourth-order valence-corrected chi connectivity index (χ4v) is 3.79. The van der Waals surface area contributed by atoms with Gasteiger partial charge in [-0.25, -0.2) is 0 Å². The Morgan fingerprint density at radius 3 is 2.36 bits per heavy atom. The highest BCUT2D eigenvalue weighted by Crippen LogP contribution is 2.39. The van der Waals surface area contributed by atoms with Gasteiger partial charge >= 0.3 is 12.1 Å². The molecular weight excluding hydrogens is 315 g/mol. The summed E-state index contributed by atoms with van der Waals surface area (Å²) in [6, 6.07) is 3.91. The Morgan fingerprint density at radius 2 is 1.95 bits per heavy atom. The van der Waals surface area contributed by atoms with Crippen molar-refractivity contribution in [1.29, 1.82) is 0 Å². The summed E-state index contributed by atoms with van der Waals surface area (Å²) in [5.74, 6) is -4.53. The maximum atomic E-state index is 13.0. The number of alkyl halides is 3. The number of carbonyl (C=O) groups is 1. The van der Waals surface area contributed by atoms with Gasteiger partial charge in [-0.3, -0.25) is 9.69 Å². The fraction of sp³-hybridized carbons (Fsp3) is 0.667. The molecule has 0 unspecified atom stereocenters. The van der Waals surface area contributed by atoms with Crippen LogP contribution in [0.3, 0.4) is 0 Å². The van der Waals surface area contributed by atoms with Gasteiger partial charge in [0.1, 0.15) is 0 Å². The lowest BCUT2D eigenvalue weighted by atomic mass is 9.95. The molecule has 3 nitrogen and oxygen atoms in total. The molecule has 22 heavy (non-hydrogen) atoms. The van der Waals surface area contributed by atoms with Gasteiger partial charge in [0.25, 0.3) is 0 Å². The molecule has 124 valence electrons. The number of aliphatic carboxylic acids is 1. The fourth-order valence-electron chi connectivity index (χ4n) is 2.68. The molecule has 1 saturated heterocycles. The van der Waals surface area contributed by atoms with Gasteiger partial charge in [-0.2, -0.15) is 13.2 Å². The second kappa shape index (κ2) is 5.85. The topological polar surface area (TPSA) is 40.5 Å². The van der Waals surface area contributed by atoms with Crippen LogP contribution in [0.15, 0.2) is 12.1 Å². The molecule has 0 spiro atoms. The Kier molecular flexibility index (Phi) is 4.59. The molecule has 1 N–H and O–H groups in total. The SMILES string of the molecule is CC(C)(C)c1ccc(CN2C[C@@H](C(F)(F)F)[C@H](C(=O)O)C2)s1. The summed E-state index contributed by atoms with van der Waals surface area (Å²) in [4.78, 5) is 14.8.